The summed E-state index contributed by atoms with van der Waals surface area (Å²) < 4.78 is 0. The minimum Gasteiger partial charge on any atom is -0.299 e. The quantitative estimate of drug-likeness (QED) is 0.736. The van der Waals surface area contributed by atoms with Crippen LogP contribution in [0.4, 0.5) is 0 Å². The van der Waals surface area contributed by atoms with E-state index < -0.39 is 0 Å². The van der Waals surface area contributed by atoms with Gasteiger partial charge < -0.3 is 0 Å². The second kappa shape index (κ2) is 4.40. The van der Waals surface area contributed by atoms with Crippen LogP contribution >= 0.6 is 0 Å². The summed E-state index contributed by atoms with van der Waals surface area (Å²) in [4.78, 5) is 12.0. The molecule has 0 N–H and O–H groups in total. The number of benzene rings is 1. The molecular formula is C15H20O. The van der Waals surface area contributed by atoms with Crippen LogP contribution in [0.2, 0.25) is 0 Å². The number of Topliss-reactive ketones (excluding diaryl/α,β-unsaturated/α-hetero) is 1. The maximum absolute atomic E-state index is 12.0. The van der Waals surface area contributed by atoms with E-state index in [1.165, 1.54) is 12.0 Å². The van der Waals surface area contributed by atoms with Gasteiger partial charge in [0, 0.05) is 12.3 Å². The van der Waals surface area contributed by atoms with Crippen molar-refractivity contribution in [3.8, 4) is 0 Å². The van der Waals surface area contributed by atoms with Crippen LogP contribution in [0.5, 0.6) is 0 Å². The van der Waals surface area contributed by atoms with Crippen molar-refractivity contribution in [1.82, 2.24) is 0 Å². The molecule has 1 aliphatic rings. The largest absolute Gasteiger partial charge is 0.299 e. The SMILES string of the molecule is CC(C)(c1ccccc1)C1CCCCC1=O. The average molecular weight is 216 g/mol. The van der Waals surface area contributed by atoms with Gasteiger partial charge in [0.1, 0.15) is 5.78 Å². The summed E-state index contributed by atoms with van der Waals surface area (Å²) in [6.07, 6.45) is 4.12. The molecule has 1 aromatic carbocycles. The van der Waals surface area contributed by atoms with Crippen molar-refractivity contribution < 1.29 is 4.79 Å². The maximum atomic E-state index is 12.0. The van der Waals surface area contributed by atoms with Crippen molar-refractivity contribution in [2.75, 3.05) is 0 Å². The molecule has 0 radical (unpaired) electrons. The van der Waals surface area contributed by atoms with E-state index in [1.54, 1.807) is 0 Å². The van der Waals surface area contributed by atoms with Gasteiger partial charge in [0.25, 0.3) is 0 Å². The fraction of sp³-hybridized carbons (Fsp3) is 0.533. The highest BCUT2D eigenvalue weighted by atomic mass is 16.1. The molecule has 1 aliphatic carbocycles. The van der Waals surface area contributed by atoms with Crippen LogP contribution in [0.1, 0.15) is 45.1 Å². The minimum atomic E-state index is -0.0151. The number of hydrogen-bond acceptors (Lipinski definition) is 1. The van der Waals surface area contributed by atoms with Gasteiger partial charge >= 0.3 is 0 Å². The Balaban J connectivity index is 2.27. The molecule has 0 bridgehead atoms. The normalized spacial score (nSPS) is 22.1. The van der Waals surface area contributed by atoms with Crippen LogP contribution in [0.3, 0.4) is 0 Å². The molecule has 0 saturated heterocycles. The smallest absolute Gasteiger partial charge is 0.136 e. The molecule has 1 heteroatoms. The molecule has 16 heavy (non-hydrogen) atoms. The van der Waals surface area contributed by atoms with Crippen molar-refractivity contribution in [2.24, 2.45) is 5.92 Å². The number of rotatable bonds is 2. The van der Waals surface area contributed by atoms with E-state index >= 15 is 0 Å². The predicted molar refractivity (Wildman–Crippen MR) is 66.4 cm³/mol. The lowest BCUT2D eigenvalue weighted by molar-refractivity contribution is -0.126. The van der Waals surface area contributed by atoms with Crippen LogP contribution in [0.15, 0.2) is 30.3 Å². The first kappa shape index (κ1) is 11.4. The Morgan fingerprint density at radius 1 is 1.12 bits per heavy atom. The monoisotopic (exact) mass is 216 g/mol. The van der Waals surface area contributed by atoms with Crippen molar-refractivity contribution in [3.05, 3.63) is 35.9 Å². The summed E-state index contributed by atoms with van der Waals surface area (Å²) in [6.45, 7) is 4.41. The predicted octanol–water partition coefficient (Wildman–Crippen LogP) is 3.72. The van der Waals surface area contributed by atoms with E-state index in [0.717, 1.165) is 19.3 Å². The lowest BCUT2D eigenvalue weighted by Crippen LogP contribution is -2.36. The Morgan fingerprint density at radius 3 is 2.44 bits per heavy atom. The van der Waals surface area contributed by atoms with E-state index in [4.69, 9.17) is 0 Å². The number of hydrogen-bond donors (Lipinski definition) is 0. The Bertz CT molecular complexity index is 364. The number of carbonyl (C=O) groups excluding carboxylic acids is 1. The van der Waals surface area contributed by atoms with E-state index in [0.29, 0.717) is 5.78 Å². The average Bonchev–Trinajstić information content (AvgIpc) is 2.30. The molecular weight excluding hydrogens is 196 g/mol. The first-order valence-electron chi connectivity index (χ1n) is 6.20. The highest BCUT2D eigenvalue weighted by Crippen LogP contribution is 2.38. The third kappa shape index (κ3) is 2.04. The third-order valence-corrected chi connectivity index (χ3v) is 3.94. The first-order valence-corrected chi connectivity index (χ1v) is 6.20. The summed E-state index contributed by atoms with van der Waals surface area (Å²) in [5, 5.41) is 0. The zero-order valence-corrected chi connectivity index (χ0v) is 10.2. The van der Waals surface area contributed by atoms with Crippen LogP contribution in [-0.4, -0.2) is 5.78 Å². The fourth-order valence-corrected chi connectivity index (χ4v) is 2.82. The fourth-order valence-electron chi connectivity index (χ4n) is 2.82. The van der Waals surface area contributed by atoms with Gasteiger partial charge in [-0.1, -0.05) is 50.6 Å². The topological polar surface area (TPSA) is 17.1 Å². The van der Waals surface area contributed by atoms with E-state index in [2.05, 4.69) is 38.1 Å². The molecule has 0 aliphatic heterocycles. The zero-order chi connectivity index (χ0) is 11.6. The lowest BCUT2D eigenvalue weighted by Gasteiger charge is -2.36. The summed E-state index contributed by atoms with van der Waals surface area (Å²) in [7, 11) is 0. The lowest BCUT2D eigenvalue weighted by atomic mass is 9.67. The van der Waals surface area contributed by atoms with Gasteiger partial charge in [-0.15, -0.1) is 0 Å². The Hall–Kier alpha value is -1.11. The molecule has 86 valence electrons. The summed E-state index contributed by atoms with van der Waals surface area (Å²) >= 11 is 0. The van der Waals surface area contributed by atoms with Gasteiger partial charge in [-0.3, -0.25) is 4.79 Å². The van der Waals surface area contributed by atoms with Gasteiger partial charge in [0.2, 0.25) is 0 Å². The molecule has 1 fully saturated rings. The first-order chi connectivity index (χ1) is 7.62. The molecule has 1 saturated carbocycles. The second-order valence-electron chi connectivity index (χ2n) is 5.35. The van der Waals surface area contributed by atoms with Gasteiger partial charge in [0.15, 0.2) is 0 Å². The maximum Gasteiger partial charge on any atom is 0.136 e. The number of carbonyl (C=O) groups is 1. The standard InChI is InChI=1S/C15H20O/c1-15(2,12-8-4-3-5-9-12)13-10-6-7-11-14(13)16/h3-5,8-9,13H,6-7,10-11H2,1-2H3. The second-order valence-corrected chi connectivity index (χ2v) is 5.35. The van der Waals surface area contributed by atoms with Gasteiger partial charge in [-0.2, -0.15) is 0 Å². The van der Waals surface area contributed by atoms with Crippen molar-refractivity contribution >= 4 is 5.78 Å². The third-order valence-electron chi connectivity index (χ3n) is 3.94. The number of ketones is 1. The van der Waals surface area contributed by atoms with Crippen LogP contribution in [0, 0.1) is 5.92 Å². The van der Waals surface area contributed by atoms with E-state index in [-0.39, 0.29) is 11.3 Å². The van der Waals surface area contributed by atoms with Crippen molar-refractivity contribution in [1.29, 1.82) is 0 Å². The minimum absolute atomic E-state index is 0.0151. The van der Waals surface area contributed by atoms with Gasteiger partial charge in [-0.05, 0) is 23.8 Å². The van der Waals surface area contributed by atoms with E-state index in [1.807, 2.05) is 6.07 Å². The van der Waals surface area contributed by atoms with Crippen molar-refractivity contribution in [3.63, 3.8) is 0 Å². The highest BCUT2D eigenvalue weighted by Gasteiger charge is 2.37. The van der Waals surface area contributed by atoms with Gasteiger partial charge in [-0.25, -0.2) is 0 Å². The summed E-state index contributed by atoms with van der Waals surface area (Å²) in [5.74, 6) is 0.670. The molecule has 2 rings (SSSR count). The van der Waals surface area contributed by atoms with Crippen molar-refractivity contribution in [2.45, 2.75) is 44.9 Å². The Labute approximate surface area is 97.9 Å². The highest BCUT2D eigenvalue weighted by molar-refractivity contribution is 5.83. The molecule has 0 aromatic heterocycles. The molecule has 0 amide bonds. The molecule has 0 heterocycles. The van der Waals surface area contributed by atoms with Gasteiger partial charge in [0.05, 0.1) is 0 Å². The molecule has 1 unspecified atom stereocenters. The Morgan fingerprint density at radius 2 is 1.81 bits per heavy atom. The zero-order valence-electron chi connectivity index (χ0n) is 10.2. The van der Waals surface area contributed by atoms with Crippen LogP contribution in [0.25, 0.3) is 0 Å². The molecule has 0 spiro atoms. The van der Waals surface area contributed by atoms with E-state index in [9.17, 15) is 4.79 Å². The van der Waals surface area contributed by atoms with Crippen LogP contribution < -0.4 is 0 Å². The van der Waals surface area contributed by atoms with Crippen LogP contribution in [-0.2, 0) is 10.2 Å². The summed E-state index contributed by atoms with van der Waals surface area (Å²) in [5.41, 5.74) is 1.27. The molecule has 1 atom stereocenters. The molecule has 1 aromatic rings. The Kier molecular flexibility index (Phi) is 3.13. The summed E-state index contributed by atoms with van der Waals surface area (Å²) in [6, 6.07) is 10.4. The molecule has 1 nitrogen and oxygen atoms in total.